The Kier molecular flexibility index (Phi) is 5.79. The van der Waals surface area contributed by atoms with Crippen LogP contribution in [0.5, 0.6) is 5.75 Å². The Hall–Kier alpha value is -1.59. The van der Waals surface area contributed by atoms with E-state index in [1.54, 1.807) is 24.3 Å². The van der Waals surface area contributed by atoms with E-state index < -0.39 is 0 Å². The smallest absolute Gasteiger partial charge is 0.250 e. The van der Waals surface area contributed by atoms with Gasteiger partial charge in [-0.25, -0.2) is 0 Å². The predicted molar refractivity (Wildman–Crippen MR) is 75.3 cm³/mol. The maximum atomic E-state index is 11.6. The van der Waals surface area contributed by atoms with Gasteiger partial charge in [0.1, 0.15) is 19.0 Å². The molecule has 0 aliphatic carbocycles. The maximum absolute atomic E-state index is 11.6. The molecular formula is C14H22N2O3. The highest BCUT2D eigenvalue weighted by Gasteiger charge is 2.12. The zero-order chi connectivity index (χ0) is 14.3. The van der Waals surface area contributed by atoms with Crippen LogP contribution in [0.15, 0.2) is 24.3 Å². The van der Waals surface area contributed by atoms with E-state index in [0.717, 1.165) is 5.75 Å². The summed E-state index contributed by atoms with van der Waals surface area (Å²) in [5, 5.41) is 2.75. The van der Waals surface area contributed by atoms with Gasteiger partial charge in [-0.15, -0.1) is 0 Å². The van der Waals surface area contributed by atoms with Crippen molar-refractivity contribution in [2.45, 2.75) is 26.4 Å². The lowest BCUT2D eigenvalue weighted by atomic mass is 10.2. The summed E-state index contributed by atoms with van der Waals surface area (Å²) in [7, 11) is 0. The number of carbonyl (C=O) groups excluding carboxylic acids is 1. The molecule has 0 aliphatic rings. The number of carbonyl (C=O) groups is 1. The van der Waals surface area contributed by atoms with Crippen LogP contribution in [0.1, 0.15) is 20.8 Å². The first-order valence-electron chi connectivity index (χ1n) is 6.27. The normalized spacial score (nSPS) is 11.2. The van der Waals surface area contributed by atoms with Gasteiger partial charge in [0.2, 0.25) is 5.91 Å². The molecular weight excluding hydrogens is 244 g/mol. The molecule has 1 aromatic rings. The largest absolute Gasteiger partial charge is 0.492 e. The molecule has 0 saturated heterocycles. The lowest BCUT2D eigenvalue weighted by Gasteiger charge is -2.19. The Morgan fingerprint density at radius 3 is 2.42 bits per heavy atom. The number of benzene rings is 1. The van der Waals surface area contributed by atoms with Crippen LogP contribution in [-0.2, 0) is 9.53 Å². The summed E-state index contributed by atoms with van der Waals surface area (Å²) < 4.78 is 10.7. The standard InChI is InChI=1S/C14H22N2O3/c1-14(2,3)19-10-13(17)16-11-4-6-12(7-5-11)18-9-8-15/h4-7H,8-10,15H2,1-3H3,(H,16,17). The molecule has 0 bridgehead atoms. The first kappa shape index (κ1) is 15.5. The minimum atomic E-state index is -0.322. The maximum Gasteiger partial charge on any atom is 0.250 e. The fourth-order valence-corrected chi connectivity index (χ4v) is 1.29. The first-order valence-corrected chi connectivity index (χ1v) is 6.27. The molecule has 0 unspecified atom stereocenters. The highest BCUT2D eigenvalue weighted by molar-refractivity contribution is 5.91. The summed E-state index contributed by atoms with van der Waals surface area (Å²) >= 11 is 0. The molecule has 0 aromatic heterocycles. The van der Waals surface area contributed by atoms with Gasteiger partial charge in [-0.2, -0.15) is 0 Å². The van der Waals surface area contributed by atoms with Gasteiger partial charge in [0.05, 0.1) is 5.60 Å². The lowest BCUT2D eigenvalue weighted by molar-refractivity contribution is -0.125. The minimum Gasteiger partial charge on any atom is -0.492 e. The fraction of sp³-hybridized carbons (Fsp3) is 0.500. The van der Waals surface area contributed by atoms with Crippen molar-refractivity contribution in [1.82, 2.24) is 0 Å². The van der Waals surface area contributed by atoms with Crippen molar-refractivity contribution in [3.63, 3.8) is 0 Å². The van der Waals surface area contributed by atoms with E-state index >= 15 is 0 Å². The number of hydrogen-bond donors (Lipinski definition) is 2. The van der Waals surface area contributed by atoms with E-state index in [4.69, 9.17) is 15.2 Å². The van der Waals surface area contributed by atoms with Crippen molar-refractivity contribution in [2.24, 2.45) is 5.73 Å². The third-order valence-corrected chi connectivity index (χ3v) is 2.16. The number of ether oxygens (including phenoxy) is 2. The molecule has 0 radical (unpaired) electrons. The average Bonchev–Trinajstić information content (AvgIpc) is 2.35. The number of amides is 1. The second kappa shape index (κ2) is 7.11. The molecule has 1 rings (SSSR count). The summed E-state index contributed by atoms with van der Waals surface area (Å²) in [6, 6.07) is 7.13. The number of nitrogens with one attached hydrogen (secondary N) is 1. The van der Waals surface area contributed by atoms with Crippen LogP contribution in [0.2, 0.25) is 0 Å². The van der Waals surface area contributed by atoms with Crippen LogP contribution in [0, 0.1) is 0 Å². The van der Waals surface area contributed by atoms with Crippen LogP contribution in [0.3, 0.4) is 0 Å². The van der Waals surface area contributed by atoms with Gasteiger partial charge in [-0.1, -0.05) is 0 Å². The lowest BCUT2D eigenvalue weighted by Crippen LogP contribution is -2.27. The molecule has 1 amide bonds. The molecule has 0 aliphatic heterocycles. The Bertz CT molecular complexity index is 396. The highest BCUT2D eigenvalue weighted by atomic mass is 16.5. The van der Waals surface area contributed by atoms with E-state index in [1.807, 2.05) is 20.8 Å². The molecule has 1 aromatic carbocycles. The third-order valence-electron chi connectivity index (χ3n) is 2.16. The van der Waals surface area contributed by atoms with Crippen LogP contribution >= 0.6 is 0 Å². The van der Waals surface area contributed by atoms with E-state index in [0.29, 0.717) is 18.8 Å². The van der Waals surface area contributed by atoms with Gasteiger partial charge in [0.15, 0.2) is 0 Å². The number of anilines is 1. The van der Waals surface area contributed by atoms with Gasteiger partial charge in [0, 0.05) is 12.2 Å². The van der Waals surface area contributed by atoms with Crippen LogP contribution < -0.4 is 15.8 Å². The summed E-state index contributed by atoms with van der Waals surface area (Å²) in [5.74, 6) is 0.556. The molecule has 0 saturated carbocycles. The van der Waals surface area contributed by atoms with Crippen LogP contribution in [0.25, 0.3) is 0 Å². The minimum absolute atomic E-state index is 0.0366. The molecule has 19 heavy (non-hydrogen) atoms. The van der Waals surface area contributed by atoms with Crippen LogP contribution in [0.4, 0.5) is 5.69 Å². The number of rotatable bonds is 6. The van der Waals surface area contributed by atoms with E-state index in [9.17, 15) is 4.79 Å². The van der Waals surface area contributed by atoms with Crippen molar-refractivity contribution in [1.29, 1.82) is 0 Å². The van der Waals surface area contributed by atoms with E-state index in [-0.39, 0.29) is 18.1 Å². The SMILES string of the molecule is CC(C)(C)OCC(=O)Nc1ccc(OCCN)cc1. The quantitative estimate of drug-likeness (QED) is 0.823. The second-order valence-corrected chi connectivity index (χ2v) is 5.11. The summed E-state index contributed by atoms with van der Waals surface area (Å²) in [4.78, 5) is 11.6. The number of nitrogens with two attached hydrogens (primary N) is 1. The van der Waals surface area contributed by atoms with E-state index in [2.05, 4.69) is 5.32 Å². The molecule has 5 heteroatoms. The first-order chi connectivity index (χ1) is 8.90. The van der Waals surface area contributed by atoms with Gasteiger partial charge in [-0.3, -0.25) is 4.79 Å². The van der Waals surface area contributed by atoms with Crippen LogP contribution in [-0.4, -0.2) is 31.3 Å². The Balaban J connectivity index is 2.42. The van der Waals surface area contributed by atoms with Crippen molar-refractivity contribution in [2.75, 3.05) is 25.1 Å². The zero-order valence-electron chi connectivity index (χ0n) is 11.7. The Morgan fingerprint density at radius 2 is 1.89 bits per heavy atom. The van der Waals surface area contributed by atoms with E-state index in [1.165, 1.54) is 0 Å². The molecule has 3 N–H and O–H groups in total. The fourth-order valence-electron chi connectivity index (χ4n) is 1.29. The molecule has 5 nitrogen and oxygen atoms in total. The van der Waals surface area contributed by atoms with Crippen molar-refractivity contribution >= 4 is 11.6 Å². The average molecular weight is 266 g/mol. The second-order valence-electron chi connectivity index (χ2n) is 5.11. The summed E-state index contributed by atoms with van der Waals surface area (Å²) in [6.45, 7) is 6.71. The summed E-state index contributed by atoms with van der Waals surface area (Å²) in [6.07, 6.45) is 0. The summed E-state index contributed by atoms with van der Waals surface area (Å²) in [5.41, 5.74) is 5.73. The molecule has 106 valence electrons. The Labute approximate surface area is 114 Å². The van der Waals surface area contributed by atoms with Crippen molar-refractivity contribution in [3.05, 3.63) is 24.3 Å². The Morgan fingerprint density at radius 1 is 1.26 bits per heavy atom. The predicted octanol–water partition coefficient (Wildman–Crippen LogP) is 1.78. The van der Waals surface area contributed by atoms with Gasteiger partial charge in [-0.05, 0) is 45.0 Å². The highest BCUT2D eigenvalue weighted by Crippen LogP contribution is 2.15. The van der Waals surface area contributed by atoms with Crippen molar-refractivity contribution < 1.29 is 14.3 Å². The molecule has 0 fully saturated rings. The topological polar surface area (TPSA) is 73.6 Å². The van der Waals surface area contributed by atoms with Gasteiger partial charge >= 0.3 is 0 Å². The van der Waals surface area contributed by atoms with Gasteiger partial charge in [0.25, 0.3) is 0 Å². The monoisotopic (exact) mass is 266 g/mol. The third kappa shape index (κ3) is 6.79. The van der Waals surface area contributed by atoms with Gasteiger partial charge < -0.3 is 20.5 Å². The molecule has 0 spiro atoms. The number of hydrogen-bond acceptors (Lipinski definition) is 4. The zero-order valence-corrected chi connectivity index (χ0v) is 11.7. The van der Waals surface area contributed by atoms with Crippen molar-refractivity contribution in [3.8, 4) is 5.75 Å². The molecule has 0 atom stereocenters. The molecule has 0 heterocycles.